The molecule has 0 amide bonds. The molecule has 212 valence electrons. The fraction of sp³-hybridized carbons (Fsp3) is 0.889. The summed E-state index contributed by atoms with van der Waals surface area (Å²) in [6, 6.07) is 2.18. The molecule has 0 aliphatic heterocycles. The summed E-state index contributed by atoms with van der Waals surface area (Å²) in [5.74, 6) is 2.72. The molecule has 0 saturated heterocycles. The van der Waals surface area contributed by atoms with Crippen LogP contribution >= 0.6 is 0 Å². The van der Waals surface area contributed by atoms with Crippen LogP contribution in [-0.2, 0) is 0 Å². The van der Waals surface area contributed by atoms with Gasteiger partial charge in [-0.3, -0.25) is 0 Å². The minimum Gasteiger partial charge on any atom is -0.843 e. The van der Waals surface area contributed by atoms with Crippen LogP contribution < -0.4 is 5.11 Å². The third-order valence-electron chi connectivity index (χ3n) is 2.93. The van der Waals surface area contributed by atoms with E-state index in [1.807, 2.05) is 20.8 Å². The van der Waals surface area contributed by atoms with Crippen LogP contribution in [0.4, 0.5) is 0 Å². The van der Waals surface area contributed by atoms with Crippen LogP contribution in [0.5, 0.6) is 0 Å². The second-order valence-electron chi connectivity index (χ2n) is 10.2. The smallest absolute Gasteiger partial charge is 0.843 e. The van der Waals surface area contributed by atoms with E-state index >= 15 is 0 Å². The van der Waals surface area contributed by atoms with Crippen LogP contribution in [-0.4, -0.2) is 79.5 Å². The van der Waals surface area contributed by atoms with Crippen LogP contribution in [0.2, 0.25) is 0 Å². The van der Waals surface area contributed by atoms with Gasteiger partial charge in [-0.15, -0.1) is 0 Å². The molecule has 0 bridgehead atoms. The Labute approximate surface area is 257 Å². The van der Waals surface area contributed by atoms with Gasteiger partial charge in [0, 0.05) is 0 Å². The van der Waals surface area contributed by atoms with Crippen LogP contribution in [0.15, 0.2) is 15.0 Å². The molecule has 0 N–H and O–H groups in total. The molecule has 0 saturated carbocycles. The summed E-state index contributed by atoms with van der Waals surface area (Å²) >= 11 is 0. The molecule has 0 rings (SSSR count). The molecule has 36 heavy (non-hydrogen) atoms. The Hall–Kier alpha value is -0.345. The number of amidine groups is 3. The van der Waals surface area contributed by atoms with Gasteiger partial charge < -0.3 is 40.9 Å². The third-order valence-corrected chi connectivity index (χ3v) is 2.93. The zero-order valence-electron chi connectivity index (χ0n) is 26.7. The van der Waals surface area contributed by atoms with Gasteiger partial charge in [0.1, 0.15) is 0 Å². The molecule has 0 aromatic rings. The van der Waals surface area contributed by atoms with Crippen molar-refractivity contribution in [2.75, 3.05) is 20.8 Å². The molecular weight excluding hydrogens is 670 g/mol. The van der Waals surface area contributed by atoms with Gasteiger partial charge in [0.25, 0.3) is 0 Å². The molecule has 0 heterocycles. The van der Waals surface area contributed by atoms with E-state index in [1.54, 1.807) is 19.0 Å². The summed E-state index contributed by atoms with van der Waals surface area (Å²) in [4.78, 5) is 14.4. The van der Waals surface area contributed by atoms with Crippen molar-refractivity contribution >= 4 is 17.5 Å². The Morgan fingerprint density at radius 3 is 0.806 bits per heavy atom. The van der Waals surface area contributed by atoms with E-state index in [1.165, 1.54) is 0 Å². The first-order valence-corrected chi connectivity index (χ1v) is 12.8. The number of aliphatic imine (C=N–C) groups is 3. The summed E-state index contributed by atoms with van der Waals surface area (Å²) < 4.78 is 0. The average molecular weight is 730 g/mol. The van der Waals surface area contributed by atoms with Crippen LogP contribution in [0.25, 0.3) is 16.0 Å². The van der Waals surface area contributed by atoms with E-state index in [0.29, 0.717) is 36.3 Å². The van der Waals surface area contributed by atoms with Gasteiger partial charge in [-0.2, -0.15) is 0 Å². The van der Waals surface area contributed by atoms with E-state index in [4.69, 9.17) is 0 Å². The van der Waals surface area contributed by atoms with Gasteiger partial charge in [0.15, 0.2) is 0 Å². The number of nitrogens with zero attached hydrogens (tertiary/aromatic N) is 7. The van der Waals surface area contributed by atoms with Crippen molar-refractivity contribution in [3.63, 3.8) is 0 Å². The van der Waals surface area contributed by atoms with Crippen molar-refractivity contribution in [1.82, 2.24) is 4.90 Å². The molecule has 0 spiro atoms. The van der Waals surface area contributed by atoms with Crippen molar-refractivity contribution in [1.29, 1.82) is 0 Å². The fourth-order valence-electron chi connectivity index (χ4n) is 2.34. The van der Waals surface area contributed by atoms with Crippen molar-refractivity contribution in [3.05, 3.63) is 16.0 Å². The first-order chi connectivity index (χ1) is 15.8. The Bertz CT molecular complexity index is 485. The van der Waals surface area contributed by atoms with Gasteiger partial charge in [-0.05, 0) is 71.1 Å². The summed E-state index contributed by atoms with van der Waals surface area (Å²) in [5, 5.41) is 22.4. The molecule has 0 radical (unpaired) electrons. The average Bonchev–Trinajstić information content (AvgIpc) is 2.58. The molecule has 0 fully saturated rings. The quantitative estimate of drug-likeness (QED) is 0.166. The van der Waals surface area contributed by atoms with Gasteiger partial charge >= 0.3 is 39.9 Å². The predicted octanol–water partition coefficient (Wildman–Crippen LogP) is 6.65. The molecule has 0 unspecified atom stereocenters. The second kappa shape index (κ2) is 29.2. The molecule has 9 heteroatoms. The Balaban J connectivity index is -0.000000121. The molecule has 8 nitrogen and oxygen atoms in total. The maximum Gasteiger partial charge on any atom is 4.00 e. The fourth-order valence-corrected chi connectivity index (χ4v) is 2.34. The summed E-state index contributed by atoms with van der Waals surface area (Å²) in [6.07, 6.45) is 0. The standard InChI is InChI=1S/3C8H17N2.C3H8NO.Th/c3*1-6(2)9-8(5)10-7(3)4;1-4(2)3-5;/h3*6-7H,1-5H3;3H2,1-2H3;/q4*-1;+4. The van der Waals surface area contributed by atoms with Gasteiger partial charge in [0.05, 0.1) is 0 Å². The molecule has 0 atom stereocenters. The number of hydrogen-bond donors (Lipinski definition) is 0. The van der Waals surface area contributed by atoms with Crippen LogP contribution in [0.1, 0.15) is 104 Å². The van der Waals surface area contributed by atoms with Crippen LogP contribution in [0.3, 0.4) is 0 Å². The first-order valence-electron chi connectivity index (χ1n) is 12.8. The Morgan fingerprint density at radius 2 is 0.722 bits per heavy atom. The zero-order chi connectivity index (χ0) is 28.7. The maximum absolute atomic E-state index is 9.56. The number of hydrogen-bond acceptors (Lipinski definition) is 5. The van der Waals surface area contributed by atoms with E-state index in [2.05, 4.69) is 114 Å². The maximum atomic E-state index is 9.56. The number of rotatable bonds is 7. The van der Waals surface area contributed by atoms with Crippen molar-refractivity contribution in [2.45, 2.75) is 140 Å². The third kappa shape index (κ3) is 54.5. The van der Waals surface area contributed by atoms with E-state index in [9.17, 15) is 5.11 Å². The summed E-state index contributed by atoms with van der Waals surface area (Å²) in [6.45, 7) is 30.4. The second-order valence-corrected chi connectivity index (χ2v) is 10.2. The monoisotopic (exact) mass is 730 g/mol. The molecule has 0 aromatic carbocycles. The van der Waals surface area contributed by atoms with E-state index in [-0.39, 0.29) is 46.7 Å². The molecule has 0 aromatic heterocycles. The molecule has 0 aliphatic rings. The van der Waals surface area contributed by atoms with Crippen LogP contribution in [0, 0.1) is 39.9 Å². The molecular formula is C27H59N7OTh. The minimum absolute atomic E-state index is 0. The van der Waals surface area contributed by atoms with Crippen molar-refractivity contribution in [2.24, 2.45) is 15.0 Å². The van der Waals surface area contributed by atoms with Gasteiger partial charge in [-0.25, -0.2) is 0 Å². The van der Waals surface area contributed by atoms with Crippen molar-refractivity contribution < 1.29 is 45.0 Å². The van der Waals surface area contributed by atoms with Gasteiger partial charge in [0.2, 0.25) is 0 Å². The first kappa shape index (κ1) is 45.6. The normalized spacial score (nSPS) is 12.1. The Morgan fingerprint density at radius 1 is 0.556 bits per heavy atom. The largest absolute Gasteiger partial charge is 4.00 e. The zero-order valence-corrected chi connectivity index (χ0v) is 30.8. The summed E-state index contributed by atoms with van der Waals surface area (Å²) in [5.41, 5.74) is 0. The molecule has 0 aliphatic carbocycles. The van der Waals surface area contributed by atoms with Gasteiger partial charge in [-0.1, -0.05) is 107 Å². The minimum atomic E-state index is -0.111. The SMILES string of the molecule is CC(=NC(C)C)[N-]C(C)C.CC(=NC(C)C)[N-]C(C)C.CC(=NC(C)C)[N-]C(C)C.CN(C)C[O-].[Th+4]. The Kier molecular flexibility index (Phi) is 37.0. The topological polar surface area (TPSA) is 106 Å². The van der Waals surface area contributed by atoms with Crippen molar-refractivity contribution in [3.8, 4) is 0 Å². The van der Waals surface area contributed by atoms with E-state index < -0.39 is 0 Å². The predicted molar refractivity (Wildman–Crippen MR) is 159 cm³/mol. The summed E-state index contributed by atoms with van der Waals surface area (Å²) in [7, 11) is 3.49. The van der Waals surface area contributed by atoms with E-state index in [0.717, 1.165) is 17.5 Å².